The van der Waals surface area contributed by atoms with Gasteiger partial charge in [-0.2, -0.15) is 0 Å². The molecule has 1 N–H and O–H groups in total. The topological polar surface area (TPSA) is 75.7 Å². The zero-order valence-corrected chi connectivity index (χ0v) is 17.7. The highest BCUT2D eigenvalue weighted by molar-refractivity contribution is 7.89. The van der Waals surface area contributed by atoms with Crippen LogP contribution >= 0.6 is 11.6 Å². The molecule has 1 saturated carbocycles. The molecule has 29 heavy (non-hydrogen) atoms. The highest BCUT2D eigenvalue weighted by atomic mass is 35.5. The maximum absolute atomic E-state index is 13.3. The molecule has 154 valence electrons. The number of hydrogen-bond acceptors (Lipinski definition) is 4. The SMILES string of the molecule is COc1ccc(C(=O)N2CCCC2c2ccccc2Cl)cc1S(=O)(=O)NC1CC1. The molecular weight excluding hydrogens is 412 g/mol. The smallest absolute Gasteiger partial charge is 0.254 e. The summed E-state index contributed by atoms with van der Waals surface area (Å²) in [6, 6.07) is 11.9. The molecule has 0 bridgehead atoms. The lowest BCUT2D eigenvalue weighted by Gasteiger charge is -2.26. The van der Waals surface area contributed by atoms with Crippen molar-refractivity contribution in [1.29, 1.82) is 0 Å². The Hall–Kier alpha value is -2.09. The van der Waals surface area contributed by atoms with Crippen molar-refractivity contribution >= 4 is 27.5 Å². The van der Waals surface area contributed by atoms with Gasteiger partial charge in [0.05, 0.1) is 13.2 Å². The molecule has 1 heterocycles. The van der Waals surface area contributed by atoms with Gasteiger partial charge in [-0.25, -0.2) is 13.1 Å². The molecule has 1 atom stereocenters. The lowest BCUT2D eigenvalue weighted by molar-refractivity contribution is 0.0735. The molecule has 0 aromatic heterocycles. The molecule has 0 spiro atoms. The van der Waals surface area contributed by atoms with E-state index in [1.807, 2.05) is 24.3 Å². The number of nitrogens with zero attached hydrogens (tertiary/aromatic N) is 1. The summed E-state index contributed by atoms with van der Waals surface area (Å²) in [5, 5.41) is 0.629. The van der Waals surface area contributed by atoms with Crippen LogP contribution < -0.4 is 9.46 Å². The van der Waals surface area contributed by atoms with Crippen molar-refractivity contribution < 1.29 is 17.9 Å². The van der Waals surface area contributed by atoms with E-state index < -0.39 is 10.0 Å². The summed E-state index contributed by atoms with van der Waals surface area (Å²) in [4.78, 5) is 15.0. The summed E-state index contributed by atoms with van der Waals surface area (Å²) in [5.41, 5.74) is 1.23. The first-order valence-corrected chi connectivity index (χ1v) is 11.5. The fraction of sp³-hybridized carbons (Fsp3) is 0.381. The van der Waals surface area contributed by atoms with Gasteiger partial charge in [0.25, 0.3) is 5.91 Å². The summed E-state index contributed by atoms with van der Waals surface area (Å²) in [6.07, 6.45) is 3.34. The van der Waals surface area contributed by atoms with Gasteiger partial charge in [-0.15, -0.1) is 0 Å². The van der Waals surface area contributed by atoms with Gasteiger partial charge in [0.1, 0.15) is 10.6 Å². The Morgan fingerprint density at radius 1 is 1.17 bits per heavy atom. The molecule has 0 radical (unpaired) electrons. The number of amides is 1. The monoisotopic (exact) mass is 434 g/mol. The van der Waals surface area contributed by atoms with Crippen LogP contribution in [0.25, 0.3) is 0 Å². The Balaban J connectivity index is 1.66. The number of sulfonamides is 1. The summed E-state index contributed by atoms with van der Waals surface area (Å²) in [6.45, 7) is 0.600. The second kappa shape index (κ2) is 7.97. The number of nitrogens with one attached hydrogen (secondary N) is 1. The number of halogens is 1. The third kappa shape index (κ3) is 4.13. The molecule has 1 aliphatic heterocycles. The first kappa shape index (κ1) is 20.2. The minimum Gasteiger partial charge on any atom is -0.495 e. The van der Waals surface area contributed by atoms with Crippen LogP contribution in [0, 0.1) is 0 Å². The number of benzene rings is 2. The van der Waals surface area contributed by atoms with Crippen molar-refractivity contribution in [3.8, 4) is 5.75 Å². The Morgan fingerprint density at radius 2 is 1.93 bits per heavy atom. The summed E-state index contributed by atoms with van der Waals surface area (Å²) < 4.78 is 33.4. The number of carbonyl (C=O) groups excluding carboxylic acids is 1. The second-order valence-electron chi connectivity index (χ2n) is 7.44. The standard InChI is InChI=1S/C21H23ClN2O4S/c1-28-19-11-8-14(13-20(19)29(26,27)23-15-9-10-15)21(25)24-12-4-7-18(24)16-5-2-3-6-17(16)22/h2-3,5-6,8,11,13,15,18,23H,4,7,9-10,12H2,1H3. The highest BCUT2D eigenvalue weighted by Gasteiger charge is 2.34. The highest BCUT2D eigenvalue weighted by Crippen LogP contribution is 2.37. The average Bonchev–Trinajstić information content (AvgIpc) is 3.38. The molecule has 2 aromatic rings. The van der Waals surface area contributed by atoms with Crippen LogP contribution in [-0.2, 0) is 10.0 Å². The van der Waals surface area contributed by atoms with E-state index >= 15 is 0 Å². The molecule has 1 unspecified atom stereocenters. The predicted molar refractivity (Wildman–Crippen MR) is 111 cm³/mol. The Bertz CT molecular complexity index is 1040. The Kier molecular flexibility index (Phi) is 5.55. The fourth-order valence-corrected chi connectivity index (χ4v) is 5.51. The minimum absolute atomic E-state index is 0.00811. The minimum atomic E-state index is -3.76. The number of ether oxygens (including phenoxy) is 1. The van der Waals surface area contributed by atoms with E-state index in [-0.39, 0.29) is 28.6 Å². The van der Waals surface area contributed by atoms with E-state index in [0.717, 1.165) is 31.2 Å². The van der Waals surface area contributed by atoms with Gasteiger partial charge in [-0.1, -0.05) is 29.8 Å². The van der Waals surface area contributed by atoms with Crippen LogP contribution in [0.4, 0.5) is 0 Å². The van der Waals surface area contributed by atoms with Gasteiger partial charge in [-0.05, 0) is 55.5 Å². The van der Waals surface area contributed by atoms with E-state index in [2.05, 4.69) is 4.72 Å². The first-order valence-electron chi connectivity index (χ1n) is 9.66. The maximum Gasteiger partial charge on any atom is 0.254 e. The van der Waals surface area contributed by atoms with Crippen molar-refractivity contribution in [3.05, 3.63) is 58.6 Å². The van der Waals surface area contributed by atoms with Gasteiger partial charge in [0, 0.05) is 23.2 Å². The van der Waals surface area contributed by atoms with Crippen LogP contribution in [0.2, 0.25) is 5.02 Å². The summed E-state index contributed by atoms with van der Waals surface area (Å²) >= 11 is 6.36. The fourth-order valence-electron chi connectivity index (χ4n) is 3.75. The first-order chi connectivity index (χ1) is 13.9. The van der Waals surface area contributed by atoms with Gasteiger partial charge >= 0.3 is 0 Å². The van der Waals surface area contributed by atoms with Gasteiger partial charge in [0.15, 0.2) is 0 Å². The number of methoxy groups -OCH3 is 1. The summed E-state index contributed by atoms with van der Waals surface area (Å²) in [7, 11) is -2.34. The van der Waals surface area contributed by atoms with Gasteiger partial charge in [0.2, 0.25) is 10.0 Å². The van der Waals surface area contributed by atoms with E-state index in [0.29, 0.717) is 17.1 Å². The lowest BCUT2D eigenvalue weighted by Crippen LogP contribution is -2.31. The van der Waals surface area contributed by atoms with Gasteiger partial charge < -0.3 is 9.64 Å². The number of carbonyl (C=O) groups is 1. The van der Waals surface area contributed by atoms with Crippen molar-refractivity contribution in [2.75, 3.05) is 13.7 Å². The second-order valence-corrected chi connectivity index (χ2v) is 9.53. The van der Waals surface area contributed by atoms with E-state index in [1.165, 1.54) is 19.2 Å². The van der Waals surface area contributed by atoms with Crippen molar-refractivity contribution in [1.82, 2.24) is 9.62 Å². The molecule has 2 aliphatic rings. The van der Waals surface area contributed by atoms with Crippen molar-refractivity contribution in [2.45, 2.75) is 42.7 Å². The molecule has 1 aliphatic carbocycles. The van der Waals surface area contributed by atoms with Crippen LogP contribution in [-0.4, -0.2) is 38.9 Å². The largest absolute Gasteiger partial charge is 0.495 e. The van der Waals surface area contributed by atoms with Gasteiger partial charge in [-0.3, -0.25) is 4.79 Å². The van der Waals surface area contributed by atoms with Crippen molar-refractivity contribution in [2.24, 2.45) is 0 Å². The third-order valence-electron chi connectivity index (χ3n) is 5.38. The zero-order valence-electron chi connectivity index (χ0n) is 16.1. The molecule has 6 nitrogen and oxygen atoms in total. The molecule has 2 aromatic carbocycles. The Labute approximate surface area is 175 Å². The van der Waals surface area contributed by atoms with Crippen LogP contribution in [0.5, 0.6) is 5.75 Å². The van der Waals surface area contributed by atoms with Crippen LogP contribution in [0.15, 0.2) is 47.4 Å². The predicted octanol–water partition coefficient (Wildman–Crippen LogP) is 3.77. The molecule has 4 rings (SSSR count). The van der Waals surface area contributed by atoms with Crippen LogP contribution in [0.3, 0.4) is 0 Å². The van der Waals surface area contributed by atoms with Crippen molar-refractivity contribution in [3.63, 3.8) is 0 Å². The maximum atomic E-state index is 13.3. The van der Waals surface area contributed by atoms with E-state index in [1.54, 1.807) is 11.0 Å². The normalized spacial score (nSPS) is 19.4. The summed E-state index contributed by atoms with van der Waals surface area (Å²) in [5.74, 6) is 0.0109. The van der Waals surface area contributed by atoms with E-state index in [9.17, 15) is 13.2 Å². The number of hydrogen-bond donors (Lipinski definition) is 1. The molecular formula is C21H23ClN2O4S. The van der Waals surface area contributed by atoms with E-state index in [4.69, 9.17) is 16.3 Å². The number of rotatable bonds is 6. The zero-order chi connectivity index (χ0) is 20.6. The Morgan fingerprint density at radius 3 is 2.62 bits per heavy atom. The quantitative estimate of drug-likeness (QED) is 0.750. The van der Waals surface area contributed by atoms with Crippen LogP contribution in [0.1, 0.15) is 47.6 Å². The lowest BCUT2D eigenvalue weighted by atomic mass is 10.0. The molecule has 1 saturated heterocycles. The third-order valence-corrected chi connectivity index (χ3v) is 7.26. The molecule has 8 heteroatoms. The number of likely N-dealkylation sites (tertiary alicyclic amines) is 1. The molecule has 1 amide bonds. The average molecular weight is 435 g/mol. The molecule has 2 fully saturated rings.